The topological polar surface area (TPSA) is 80.4 Å². The molecule has 0 amide bonds. The number of hydrogen-bond acceptors (Lipinski definition) is 5. The molecule has 1 heterocycles. The first kappa shape index (κ1) is 14.9. The molecule has 0 aliphatic heterocycles. The van der Waals surface area contributed by atoms with Crippen LogP contribution < -0.4 is 15.8 Å². The summed E-state index contributed by atoms with van der Waals surface area (Å²) in [6.45, 7) is 5.91. The Morgan fingerprint density at radius 1 is 1.25 bits per heavy atom. The molecule has 1 aliphatic carbocycles. The molecule has 1 aliphatic rings. The molecule has 20 heavy (non-hydrogen) atoms. The molecule has 0 atom stereocenters. The highest BCUT2D eigenvalue weighted by atomic mass is 16.5. The quantitative estimate of drug-likeness (QED) is 0.792. The van der Waals surface area contributed by atoms with Crippen molar-refractivity contribution < 1.29 is 9.84 Å². The number of nitrogens with zero attached hydrogens (tertiary/aromatic N) is 1. The van der Waals surface area contributed by atoms with Crippen molar-refractivity contribution in [2.75, 3.05) is 11.1 Å². The minimum absolute atomic E-state index is 0.146. The maximum Gasteiger partial charge on any atom is 0.239 e. The molecule has 0 saturated heterocycles. The molecule has 0 unspecified atom stereocenters. The summed E-state index contributed by atoms with van der Waals surface area (Å²) in [6, 6.07) is 4.04. The summed E-state index contributed by atoms with van der Waals surface area (Å²) < 4.78 is 5.76. The molecule has 1 aromatic rings. The van der Waals surface area contributed by atoms with Crippen LogP contribution >= 0.6 is 0 Å². The van der Waals surface area contributed by atoms with Gasteiger partial charge in [0, 0.05) is 6.04 Å². The number of hydrogen-bond donors (Lipinski definition) is 3. The minimum Gasteiger partial charge on any atom is -0.470 e. The fraction of sp³-hybridized carbons (Fsp3) is 0.667. The van der Waals surface area contributed by atoms with E-state index in [2.05, 4.69) is 10.3 Å². The van der Waals surface area contributed by atoms with Gasteiger partial charge in [-0.25, -0.2) is 0 Å². The first-order chi connectivity index (χ1) is 9.33. The van der Waals surface area contributed by atoms with Crippen LogP contribution in [0.1, 0.15) is 46.5 Å². The summed E-state index contributed by atoms with van der Waals surface area (Å²) in [5, 5.41) is 12.9. The van der Waals surface area contributed by atoms with Crippen LogP contribution in [0.15, 0.2) is 12.1 Å². The van der Waals surface area contributed by atoms with Gasteiger partial charge in [-0.3, -0.25) is 0 Å². The molecular weight excluding hydrogens is 254 g/mol. The van der Waals surface area contributed by atoms with Gasteiger partial charge >= 0.3 is 0 Å². The van der Waals surface area contributed by atoms with Gasteiger partial charge in [-0.2, -0.15) is 4.98 Å². The van der Waals surface area contributed by atoms with Crippen LogP contribution in [0, 0.1) is 0 Å². The lowest BCUT2D eigenvalue weighted by molar-refractivity contribution is 0.124. The van der Waals surface area contributed by atoms with Crippen LogP contribution in [0.2, 0.25) is 0 Å². The van der Waals surface area contributed by atoms with Gasteiger partial charge in [-0.15, -0.1) is 0 Å². The second-order valence-electron chi connectivity index (χ2n) is 6.46. The Morgan fingerprint density at radius 2 is 1.90 bits per heavy atom. The third kappa shape index (κ3) is 4.27. The Hall–Kier alpha value is -1.49. The number of nitrogen functional groups attached to an aromatic ring is 1. The van der Waals surface area contributed by atoms with Crippen molar-refractivity contribution in [2.24, 2.45) is 0 Å². The first-order valence-corrected chi connectivity index (χ1v) is 7.23. The van der Waals surface area contributed by atoms with E-state index in [1.54, 1.807) is 0 Å². The SMILES string of the molecule is CC(C)(C)Oc1nc(NC2CCC(O)CC2)ccc1N. The Morgan fingerprint density at radius 3 is 2.50 bits per heavy atom. The highest BCUT2D eigenvalue weighted by Crippen LogP contribution is 2.27. The van der Waals surface area contributed by atoms with Crippen molar-refractivity contribution >= 4 is 11.5 Å². The molecule has 5 nitrogen and oxygen atoms in total. The van der Waals surface area contributed by atoms with Crippen molar-refractivity contribution in [3.8, 4) is 5.88 Å². The lowest BCUT2D eigenvalue weighted by atomic mass is 9.93. The molecule has 1 saturated carbocycles. The van der Waals surface area contributed by atoms with E-state index in [1.807, 2.05) is 32.9 Å². The van der Waals surface area contributed by atoms with E-state index in [-0.39, 0.29) is 11.7 Å². The van der Waals surface area contributed by atoms with Crippen molar-refractivity contribution in [3.63, 3.8) is 0 Å². The fourth-order valence-electron chi connectivity index (χ4n) is 2.33. The van der Waals surface area contributed by atoms with E-state index in [4.69, 9.17) is 10.5 Å². The Balaban J connectivity index is 2.03. The van der Waals surface area contributed by atoms with E-state index < -0.39 is 0 Å². The van der Waals surface area contributed by atoms with Gasteiger partial charge < -0.3 is 20.9 Å². The standard InChI is InChI=1S/C15H25N3O2/c1-15(2,3)20-14-12(16)8-9-13(18-14)17-10-4-6-11(19)7-5-10/h8-11,19H,4-7,16H2,1-3H3,(H,17,18). The zero-order valence-electron chi connectivity index (χ0n) is 12.5. The summed E-state index contributed by atoms with van der Waals surface area (Å²) in [7, 11) is 0. The maximum atomic E-state index is 9.52. The minimum atomic E-state index is -0.325. The van der Waals surface area contributed by atoms with Crippen molar-refractivity contribution in [1.29, 1.82) is 0 Å². The van der Waals surface area contributed by atoms with Crippen LogP contribution in [0.3, 0.4) is 0 Å². The molecule has 2 rings (SSSR count). The second-order valence-corrected chi connectivity index (χ2v) is 6.46. The lowest BCUT2D eigenvalue weighted by Crippen LogP contribution is -2.29. The zero-order chi connectivity index (χ0) is 14.8. The molecule has 4 N–H and O–H groups in total. The van der Waals surface area contributed by atoms with Crippen molar-refractivity contribution in [2.45, 2.75) is 64.2 Å². The number of nitrogens with two attached hydrogens (primary N) is 1. The van der Waals surface area contributed by atoms with E-state index >= 15 is 0 Å². The highest BCUT2D eigenvalue weighted by Gasteiger charge is 2.20. The third-order valence-electron chi connectivity index (χ3n) is 3.34. The van der Waals surface area contributed by atoms with Gasteiger partial charge in [0.05, 0.1) is 11.8 Å². The predicted octanol–water partition coefficient (Wildman–Crippen LogP) is 2.56. The van der Waals surface area contributed by atoms with Gasteiger partial charge in [-0.05, 0) is 58.6 Å². The third-order valence-corrected chi connectivity index (χ3v) is 3.34. The van der Waals surface area contributed by atoms with Crippen LogP contribution in [-0.4, -0.2) is 27.8 Å². The molecule has 5 heteroatoms. The van der Waals surface area contributed by atoms with Gasteiger partial charge in [-0.1, -0.05) is 0 Å². The van der Waals surface area contributed by atoms with E-state index in [9.17, 15) is 5.11 Å². The van der Waals surface area contributed by atoms with Crippen LogP contribution in [0.4, 0.5) is 11.5 Å². The molecule has 112 valence electrons. The normalized spacial score (nSPS) is 23.4. The Labute approximate surface area is 120 Å². The van der Waals surface area contributed by atoms with Crippen molar-refractivity contribution in [3.05, 3.63) is 12.1 Å². The average Bonchev–Trinajstić information content (AvgIpc) is 2.34. The molecule has 1 aromatic heterocycles. The van der Waals surface area contributed by atoms with Crippen LogP contribution in [-0.2, 0) is 0 Å². The smallest absolute Gasteiger partial charge is 0.239 e. The van der Waals surface area contributed by atoms with Crippen LogP contribution in [0.5, 0.6) is 5.88 Å². The number of rotatable bonds is 3. The molecule has 0 aromatic carbocycles. The molecular formula is C15H25N3O2. The zero-order valence-corrected chi connectivity index (χ0v) is 12.5. The fourth-order valence-corrected chi connectivity index (χ4v) is 2.33. The molecule has 0 bridgehead atoms. The van der Waals surface area contributed by atoms with E-state index in [1.165, 1.54) is 0 Å². The molecule has 0 spiro atoms. The number of aromatic nitrogens is 1. The second kappa shape index (κ2) is 5.87. The van der Waals surface area contributed by atoms with Gasteiger partial charge in [0.15, 0.2) is 0 Å². The summed E-state index contributed by atoms with van der Waals surface area (Å²) >= 11 is 0. The molecule has 1 fully saturated rings. The largest absolute Gasteiger partial charge is 0.470 e. The highest BCUT2D eigenvalue weighted by molar-refractivity contribution is 5.54. The Kier molecular flexibility index (Phi) is 4.38. The molecule has 0 radical (unpaired) electrons. The summed E-state index contributed by atoms with van der Waals surface area (Å²) in [5.74, 6) is 1.25. The first-order valence-electron chi connectivity index (χ1n) is 7.23. The van der Waals surface area contributed by atoms with E-state index in [0.717, 1.165) is 31.5 Å². The van der Waals surface area contributed by atoms with E-state index in [0.29, 0.717) is 17.6 Å². The number of ether oxygens (including phenoxy) is 1. The van der Waals surface area contributed by atoms with Crippen molar-refractivity contribution in [1.82, 2.24) is 4.98 Å². The number of aliphatic hydroxyl groups is 1. The lowest BCUT2D eigenvalue weighted by Gasteiger charge is -2.27. The summed E-state index contributed by atoms with van der Waals surface area (Å²) in [4.78, 5) is 4.45. The van der Waals surface area contributed by atoms with Gasteiger partial charge in [0.25, 0.3) is 0 Å². The number of anilines is 2. The Bertz CT molecular complexity index is 449. The summed E-state index contributed by atoms with van der Waals surface area (Å²) in [6.07, 6.45) is 3.47. The number of nitrogens with one attached hydrogen (secondary N) is 1. The van der Waals surface area contributed by atoms with Gasteiger partial charge in [0.1, 0.15) is 11.4 Å². The monoisotopic (exact) mass is 279 g/mol. The average molecular weight is 279 g/mol. The number of aliphatic hydroxyl groups excluding tert-OH is 1. The maximum absolute atomic E-state index is 9.52. The van der Waals surface area contributed by atoms with Gasteiger partial charge in [0.2, 0.25) is 5.88 Å². The summed E-state index contributed by atoms with van der Waals surface area (Å²) in [5.41, 5.74) is 6.12. The number of pyridine rings is 1. The predicted molar refractivity (Wildman–Crippen MR) is 80.9 cm³/mol. The van der Waals surface area contributed by atoms with Crippen LogP contribution in [0.25, 0.3) is 0 Å².